The number of benzene rings is 2. The Morgan fingerprint density at radius 2 is 1.76 bits per heavy atom. The fourth-order valence-corrected chi connectivity index (χ4v) is 4.32. The van der Waals surface area contributed by atoms with Gasteiger partial charge in [0.1, 0.15) is 12.1 Å². The largest absolute Gasteiger partial charge is 0.493 e. The number of amides is 4. The number of nitrogens with one attached hydrogen (secondary N) is 3. The van der Waals surface area contributed by atoms with E-state index >= 15 is 0 Å². The average Bonchev–Trinajstić information content (AvgIpc) is 2.97. The van der Waals surface area contributed by atoms with Gasteiger partial charge in [0, 0.05) is 20.0 Å². The number of methoxy groups -OCH3 is 2. The molecule has 4 amide bonds. The van der Waals surface area contributed by atoms with Gasteiger partial charge in [-0.2, -0.15) is 0 Å². The molecule has 3 N–H and O–H groups in total. The summed E-state index contributed by atoms with van der Waals surface area (Å²) in [5, 5.41) is 7.93. The zero-order valence-electron chi connectivity index (χ0n) is 19.1. The van der Waals surface area contributed by atoms with Gasteiger partial charge in [-0.1, -0.05) is 12.1 Å². The molecular weight excluding hydrogens is 440 g/mol. The van der Waals surface area contributed by atoms with E-state index in [-0.39, 0.29) is 25.3 Å². The molecule has 0 radical (unpaired) electrons. The van der Waals surface area contributed by atoms with E-state index in [1.54, 1.807) is 30.3 Å². The second-order valence-corrected chi connectivity index (χ2v) is 8.10. The van der Waals surface area contributed by atoms with E-state index < -0.39 is 29.8 Å². The first kappa shape index (κ1) is 23.1. The Hall–Kier alpha value is -4.08. The van der Waals surface area contributed by atoms with Crippen molar-refractivity contribution in [1.82, 2.24) is 15.5 Å². The zero-order chi connectivity index (χ0) is 24.4. The Bertz CT molecular complexity index is 1160. The van der Waals surface area contributed by atoms with Crippen molar-refractivity contribution in [3.63, 3.8) is 0 Å². The number of fused-ring (bicyclic) bond motifs is 2. The van der Waals surface area contributed by atoms with Gasteiger partial charge in [-0.05, 0) is 35.4 Å². The van der Waals surface area contributed by atoms with E-state index in [4.69, 9.17) is 9.47 Å². The minimum atomic E-state index is -1.08. The molecule has 2 aromatic carbocycles. The van der Waals surface area contributed by atoms with Crippen LogP contribution in [-0.2, 0) is 27.3 Å². The first-order chi connectivity index (χ1) is 16.4. The van der Waals surface area contributed by atoms with Gasteiger partial charge >= 0.3 is 0 Å². The molecule has 0 saturated carbocycles. The van der Waals surface area contributed by atoms with Gasteiger partial charge < -0.3 is 30.3 Å². The van der Waals surface area contributed by atoms with Crippen LogP contribution in [0.1, 0.15) is 27.9 Å². The van der Waals surface area contributed by atoms with Gasteiger partial charge in [0.05, 0.1) is 31.9 Å². The fourth-order valence-electron chi connectivity index (χ4n) is 4.32. The molecule has 34 heavy (non-hydrogen) atoms. The Morgan fingerprint density at radius 1 is 1.09 bits per heavy atom. The summed E-state index contributed by atoms with van der Waals surface area (Å²) in [7, 11) is 4.56. The van der Waals surface area contributed by atoms with Crippen LogP contribution in [0.3, 0.4) is 0 Å². The molecule has 2 atom stereocenters. The number of anilines is 1. The third-order valence-electron chi connectivity index (χ3n) is 6.14. The standard InChI is InChI=1S/C24H26N4O6/c1-25-24(32)18-8-13-9-19(33-2)20(34-3)10-14(13)12-28(18)21(29)11-17-23(31)26-16-7-5-4-6-15(16)22(30)27-17/h4-7,9-10,17-18H,8,11-12H2,1-3H3,(H,25,32)(H,26,31)(H,27,30)/t17-,18-/m0/s1. The normalized spacial score (nSPS) is 19.1. The van der Waals surface area contributed by atoms with Crippen molar-refractivity contribution in [3.05, 3.63) is 53.1 Å². The molecule has 2 heterocycles. The van der Waals surface area contributed by atoms with Crippen molar-refractivity contribution in [3.8, 4) is 11.5 Å². The maximum absolute atomic E-state index is 13.4. The number of nitrogens with zero attached hydrogens (tertiary/aromatic N) is 1. The number of ether oxygens (including phenoxy) is 2. The molecule has 178 valence electrons. The monoisotopic (exact) mass is 466 g/mol. The van der Waals surface area contributed by atoms with Crippen LogP contribution < -0.4 is 25.4 Å². The summed E-state index contributed by atoms with van der Waals surface area (Å²) in [6.45, 7) is 0.148. The lowest BCUT2D eigenvalue weighted by atomic mass is 9.92. The van der Waals surface area contributed by atoms with Crippen molar-refractivity contribution in [1.29, 1.82) is 0 Å². The molecule has 2 aromatic rings. The predicted octanol–water partition coefficient (Wildman–Crippen LogP) is 0.844. The molecule has 0 fully saturated rings. The molecule has 2 aliphatic heterocycles. The Morgan fingerprint density at radius 3 is 2.44 bits per heavy atom. The quantitative estimate of drug-likeness (QED) is 0.600. The van der Waals surface area contributed by atoms with Crippen LogP contribution in [0.5, 0.6) is 11.5 Å². The maximum atomic E-state index is 13.4. The van der Waals surface area contributed by atoms with E-state index in [9.17, 15) is 19.2 Å². The summed E-state index contributed by atoms with van der Waals surface area (Å²) < 4.78 is 10.7. The first-order valence-corrected chi connectivity index (χ1v) is 10.8. The Kier molecular flexibility index (Phi) is 6.40. The van der Waals surface area contributed by atoms with Crippen molar-refractivity contribution in [2.75, 3.05) is 26.6 Å². The number of likely N-dealkylation sites (N-methyl/N-ethyl adjacent to an activating group) is 1. The summed E-state index contributed by atoms with van der Waals surface area (Å²) in [5.41, 5.74) is 2.39. The SMILES string of the molecule is CNC(=O)[C@@H]1Cc2cc(OC)c(OC)cc2CN1C(=O)C[C@@H]1NC(=O)c2ccccc2NC1=O. The smallest absolute Gasteiger partial charge is 0.254 e. The molecule has 0 saturated heterocycles. The highest BCUT2D eigenvalue weighted by atomic mass is 16.5. The van der Waals surface area contributed by atoms with Gasteiger partial charge in [-0.3, -0.25) is 19.2 Å². The summed E-state index contributed by atoms with van der Waals surface area (Å²) in [6.07, 6.45) is -0.0164. The van der Waals surface area contributed by atoms with Crippen LogP contribution >= 0.6 is 0 Å². The van der Waals surface area contributed by atoms with E-state index in [0.717, 1.165) is 11.1 Å². The molecule has 0 bridgehead atoms. The van der Waals surface area contributed by atoms with Crippen molar-refractivity contribution < 1.29 is 28.7 Å². The molecule has 4 rings (SSSR count). The second-order valence-electron chi connectivity index (χ2n) is 8.10. The summed E-state index contributed by atoms with van der Waals surface area (Å²) in [4.78, 5) is 52.9. The summed E-state index contributed by atoms with van der Waals surface area (Å²) in [5.74, 6) is -0.646. The molecule has 10 nitrogen and oxygen atoms in total. The predicted molar refractivity (Wildman–Crippen MR) is 123 cm³/mol. The minimum absolute atomic E-state index is 0.148. The van der Waals surface area contributed by atoms with Gasteiger partial charge in [0.2, 0.25) is 17.7 Å². The third kappa shape index (κ3) is 4.26. The number of rotatable bonds is 5. The van der Waals surface area contributed by atoms with Gasteiger partial charge in [0.25, 0.3) is 5.91 Å². The van der Waals surface area contributed by atoms with Gasteiger partial charge in [-0.15, -0.1) is 0 Å². The topological polar surface area (TPSA) is 126 Å². The lowest BCUT2D eigenvalue weighted by molar-refractivity contribution is -0.142. The molecule has 10 heteroatoms. The number of carbonyl (C=O) groups excluding carboxylic acids is 4. The van der Waals surface area contributed by atoms with Crippen LogP contribution in [0, 0.1) is 0 Å². The highest BCUT2D eigenvalue weighted by Gasteiger charge is 2.38. The number of hydrogen-bond acceptors (Lipinski definition) is 6. The van der Waals surface area contributed by atoms with Crippen LogP contribution in [-0.4, -0.2) is 61.9 Å². The maximum Gasteiger partial charge on any atom is 0.254 e. The highest BCUT2D eigenvalue weighted by molar-refractivity contribution is 6.10. The molecule has 0 spiro atoms. The van der Waals surface area contributed by atoms with Gasteiger partial charge in [0.15, 0.2) is 11.5 Å². The molecule has 2 aliphatic rings. The van der Waals surface area contributed by atoms with E-state index in [1.807, 2.05) is 6.07 Å². The van der Waals surface area contributed by atoms with Crippen LogP contribution in [0.15, 0.2) is 36.4 Å². The Balaban J connectivity index is 1.59. The lowest BCUT2D eigenvalue weighted by Gasteiger charge is -2.36. The van der Waals surface area contributed by atoms with Crippen LogP contribution in [0.2, 0.25) is 0 Å². The van der Waals surface area contributed by atoms with E-state index in [2.05, 4.69) is 16.0 Å². The van der Waals surface area contributed by atoms with Crippen molar-refractivity contribution in [2.24, 2.45) is 0 Å². The summed E-state index contributed by atoms with van der Waals surface area (Å²) >= 11 is 0. The van der Waals surface area contributed by atoms with Crippen LogP contribution in [0.25, 0.3) is 0 Å². The minimum Gasteiger partial charge on any atom is -0.493 e. The number of carbonyl (C=O) groups is 4. The van der Waals surface area contributed by atoms with E-state index in [0.29, 0.717) is 22.7 Å². The average molecular weight is 466 g/mol. The second kappa shape index (κ2) is 9.42. The molecule has 0 unspecified atom stereocenters. The number of para-hydroxylation sites is 1. The summed E-state index contributed by atoms with van der Waals surface area (Å²) in [6, 6.07) is 8.36. The molecule has 0 aliphatic carbocycles. The zero-order valence-corrected chi connectivity index (χ0v) is 19.1. The van der Waals surface area contributed by atoms with Crippen molar-refractivity contribution >= 4 is 29.3 Å². The lowest BCUT2D eigenvalue weighted by Crippen LogP contribution is -2.54. The van der Waals surface area contributed by atoms with Crippen LogP contribution in [0.4, 0.5) is 5.69 Å². The first-order valence-electron chi connectivity index (χ1n) is 10.8. The number of hydrogen-bond donors (Lipinski definition) is 3. The molecular formula is C24H26N4O6. The van der Waals surface area contributed by atoms with Gasteiger partial charge in [-0.25, -0.2) is 0 Å². The van der Waals surface area contributed by atoms with E-state index in [1.165, 1.54) is 26.2 Å². The third-order valence-corrected chi connectivity index (χ3v) is 6.14. The van der Waals surface area contributed by atoms with Crippen molar-refractivity contribution in [2.45, 2.75) is 31.5 Å². The Labute approximate surface area is 196 Å². The highest BCUT2D eigenvalue weighted by Crippen LogP contribution is 2.35. The molecule has 0 aromatic heterocycles. The fraction of sp³-hybridized carbons (Fsp3) is 0.333.